The summed E-state index contributed by atoms with van der Waals surface area (Å²) in [6.07, 6.45) is 1.42. The number of amides is 1. The lowest BCUT2D eigenvalue weighted by atomic mass is 10.0. The molecule has 1 amide bonds. The van der Waals surface area contributed by atoms with Gasteiger partial charge in [-0.2, -0.15) is 0 Å². The molecule has 0 fully saturated rings. The Labute approximate surface area is 210 Å². The minimum absolute atomic E-state index is 0.0977. The highest BCUT2D eigenvalue weighted by molar-refractivity contribution is 7.84. The van der Waals surface area contributed by atoms with Crippen molar-refractivity contribution in [2.75, 3.05) is 19.4 Å². The van der Waals surface area contributed by atoms with Crippen molar-refractivity contribution in [3.63, 3.8) is 0 Å². The first-order valence-corrected chi connectivity index (χ1v) is 13.2. The average molecular weight is 507 g/mol. The molecule has 0 aliphatic carbocycles. The zero-order valence-electron chi connectivity index (χ0n) is 20.3. The number of imidazole rings is 1. The van der Waals surface area contributed by atoms with Crippen LogP contribution in [0.1, 0.15) is 40.3 Å². The summed E-state index contributed by atoms with van der Waals surface area (Å²) in [7, 11) is -1.47. The second-order valence-corrected chi connectivity index (χ2v) is 10.4. The standard InChI is InChI=1S/C27H27FN4O3S/c1-15-20(6-9-24(25(15)28)36(3)34)27(33)32-10-11-35-23-8-5-17(12-19(23)14-32)18-4-7-21-22(13-18)31-26(30-21)16(2)29/h4-9,12-13,16H,10-11,14,29H2,1-3H3,(H,30,31). The number of rotatable bonds is 4. The van der Waals surface area contributed by atoms with E-state index in [1.807, 2.05) is 43.3 Å². The minimum atomic E-state index is -1.47. The molecule has 36 heavy (non-hydrogen) atoms. The van der Waals surface area contributed by atoms with E-state index in [2.05, 4.69) is 9.97 Å². The molecule has 186 valence electrons. The van der Waals surface area contributed by atoms with E-state index in [1.54, 1.807) is 17.9 Å². The van der Waals surface area contributed by atoms with Crippen LogP contribution in [-0.4, -0.2) is 44.4 Å². The highest BCUT2D eigenvalue weighted by Crippen LogP contribution is 2.32. The first kappa shape index (κ1) is 24.1. The van der Waals surface area contributed by atoms with Crippen molar-refractivity contribution in [3.05, 3.63) is 76.9 Å². The normalized spacial score (nSPS) is 15.2. The molecule has 0 saturated carbocycles. The Kier molecular flexibility index (Phi) is 6.36. The van der Waals surface area contributed by atoms with Crippen LogP contribution in [0.3, 0.4) is 0 Å². The lowest BCUT2D eigenvalue weighted by Gasteiger charge is -2.21. The van der Waals surface area contributed by atoms with Crippen molar-refractivity contribution < 1.29 is 18.1 Å². The number of fused-ring (bicyclic) bond motifs is 2. The van der Waals surface area contributed by atoms with Crippen LogP contribution in [-0.2, 0) is 17.3 Å². The summed E-state index contributed by atoms with van der Waals surface area (Å²) in [4.78, 5) is 22.9. The van der Waals surface area contributed by atoms with Gasteiger partial charge in [-0.25, -0.2) is 9.37 Å². The van der Waals surface area contributed by atoms with Gasteiger partial charge in [-0.05, 0) is 66.9 Å². The van der Waals surface area contributed by atoms with Crippen LogP contribution in [0.25, 0.3) is 22.2 Å². The Hall–Kier alpha value is -3.56. The second-order valence-electron chi connectivity index (χ2n) is 9.04. The second kappa shape index (κ2) is 9.48. The summed E-state index contributed by atoms with van der Waals surface area (Å²) in [6.45, 7) is 4.45. The van der Waals surface area contributed by atoms with Gasteiger partial charge >= 0.3 is 0 Å². The van der Waals surface area contributed by atoms with E-state index in [9.17, 15) is 13.4 Å². The third-order valence-electron chi connectivity index (χ3n) is 6.48. The summed E-state index contributed by atoms with van der Waals surface area (Å²) in [5, 5.41) is 0. The van der Waals surface area contributed by atoms with E-state index in [0.717, 1.165) is 39.3 Å². The molecule has 0 bridgehead atoms. The van der Waals surface area contributed by atoms with Crippen molar-refractivity contribution in [3.8, 4) is 16.9 Å². The summed E-state index contributed by atoms with van der Waals surface area (Å²) in [6, 6.07) is 14.7. The number of carbonyl (C=O) groups is 1. The molecule has 3 aromatic carbocycles. The van der Waals surface area contributed by atoms with E-state index >= 15 is 0 Å². The number of nitrogens with two attached hydrogens (primary N) is 1. The molecule has 0 saturated heterocycles. The molecule has 2 unspecified atom stereocenters. The fourth-order valence-electron chi connectivity index (χ4n) is 4.46. The van der Waals surface area contributed by atoms with Gasteiger partial charge in [0, 0.05) is 23.9 Å². The van der Waals surface area contributed by atoms with Gasteiger partial charge in [0.1, 0.15) is 24.0 Å². The van der Waals surface area contributed by atoms with E-state index in [1.165, 1.54) is 12.3 Å². The molecule has 0 spiro atoms. The number of nitrogens with one attached hydrogen (secondary N) is 1. The van der Waals surface area contributed by atoms with Crippen LogP contribution in [0.2, 0.25) is 0 Å². The van der Waals surface area contributed by atoms with Gasteiger partial charge in [-0.15, -0.1) is 0 Å². The van der Waals surface area contributed by atoms with Crippen LogP contribution in [0.4, 0.5) is 4.39 Å². The van der Waals surface area contributed by atoms with Gasteiger partial charge in [0.2, 0.25) is 0 Å². The number of aromatic nitrogens is 2. The first-order chi connectivity index (χ1) is 17.2. The molecule has 0 radical (unpaired) electrons. The van der Waals surface area contributed by atoms with E-state index < -0.39 is 16.6 Å². The summed E-state index contributed by atoms with van der Waals surface area (Å²) in [5.41, 5.74) is 11.0. The molecular weight excluding hydrogens is 479 g/mol. The van der Waals surface area contributed by atoms with Gasteiger partial charge in [-0.1, -0.05) is 12.1 Å². The molecule has 5 rings (SSSR count). The van der Waals surface area contributed by atoms with Gasteiger partial charge in [0.25, 0.3) is 5.91 Å². The monoisotopic (exact) mass is 506 g/mol. The van der Waals surface area contributed by atoms with Gasteiger partial charge in [-0.3, -0.25) is 9.00 Å². The number of hydrogen-bond donors (Lipinski definition) is 2. The van der Waals surface area contributed by atoms with Crippen molar-refractivity contribution in [1.82, 2.24) is 14.9 Å². The Morgan fingerprint density at radius 2 is 1.94 bits per heavy atom. The molecule has 2 heterocycles. The third kappa shape index (κ3) is 4.40. The third-order valence-corrected chi connectivity index (χ3v) is 7.42. The topological polar surface area (TPSA) is 101 Å². The maximum atomic E-state index is 14.8. The van der Waals surface area contributed by atoms with E-state index in [4.69, 9.17) is 10.5 Å². The Morgan fingerprint density at radius 1 is 1.19 bits per heavy atom. The number of nitrogens with zero attached hydrogens (tertiary/aromatic N) is 2. The molecule has 4 aromatic rings. The number of benzene rings is 3. The summed E-state index contributed by atoms with van der Waals surface area (Å²) in [5.74, 6) is 0.563. The van der Waals surface area contributed by atoms with E-state index in [-0.39, 0.29) is 28.0 Å². The molecule has 7 nitrogen and oxygen atoms in total. The van der Waals surface area contributed by atoms with Crippen LogP contribution in [0.5, 0.6) is 5.75 Å². The number of halogens is 1. The van der Waals surface area contributed by atoms with Crippen molar-refractivity contribution in [2.24, 2.45) is 5.73 Å². The predicted molar refractivity (Wildman–Crippen MR) is 138 cm³/mol. The zero-order valence-corrected chi connectivity index (χ0v) is 21.1. The molecule has 1 aliphatic heterocycles. The SMILES string of the molecule is Cc1c(C(=O)N2CCOc3ccc(-c4ccc5nc(C(C)N)[nH]c5c4)cc3C2)ccc(S(C)=O)c1F. The number of aromatic amines is 1. The fourth-order valence-corrected chi connectivity index (χ4v) is 5.12. The predicted octanol–water partition coefficient (Wildman–Crippen LogP) is 4.47. The first-order valence-electron chi connectivity index (χ1n) is 11.7. The number of carbonyl (C=O) groups excluding carboxylic acids is 1. The molecule has 3 N–H and O–H groups in total. The van der Waals surface area contributed by atoms with Crippen molar-refractivity contribution in [2.45, 2.75) is 31.3 Å². The van der Waals surface area contributed by atoms with E-state index in [0.29, 0.717) is 19.7 Å². The number of H-pyrrole nitrogens is 1. The largest absolute Gasteiger partial charge is 0.491 e. The summed E-state index contributed by atoms with van der Waals surface area (Å²) >= 11 is 0. The quantitative estimate of drug-likeness (QED) is 0.425. The van der Waals surface area contributed by atoms with Crippen LogP contribution < -0.4 is 10.5 Å². The average Bonchev–Trinajstić information content (AvgIpc) is 3.17. The maximum Gasteiger partial charge on any atom is 0.254 e. The molecule has 2 atom stereocenters. The molecule has 1 aromatic heterocycles. The summed E-state index contributed by atoms with van der Waals surface area (Å²) < 4.78 is 32.5. The highest BCUT2D eigenvalue weighted by atomic mass is 32.2. The van der Waals surface area contributed by atoms with Crippen molar-refractivity contribution in [1.29, 1.82) is 0 Å². The van der Waals surface area contributed by atoms with Gasteiger partial charge in [0.15, 0.2) is 0 Å². The Morgan fingerprint density at radius 3 is 2.69 bits per heavy atom. The molecule has 1 aliphatic rings. The zero-order chi connectivity index (χ0) is 25.6. The van der Waals surface area contributed by atoms with Crippen LogP contribution >= 0.6 is 0 Å². The lowest BCUT2D eigenvalue weighted by Crippen LogP contribution is -2.33. The maximum absolute atomic E-state index is 14.8. The fraction of sp³-hybridized carbons (Fsp3) is 0.259. The number of hydrogen-bond acceptors (Lipinski definition) is 5. The minimum Gasteiger partial charge on any atom is -0.491 e. The highest BCUT2D eigenvalue weighted by Gasteiger charge is 2.25. The van der Waals surface area contributed by atoms with Gasteiger partial charge < -0.3 is 20.4 Å². The lowest BCUT2D eigenvalue weighted by molar-refractivity contribution is 0.0731. The van der Waals surface area contributed by atoms with Crippen LogP contribution in [0, 0.1) is 12.7 Å². The van der Waals surface area contributed by atoms with Crippen LogP contribution in [0.15, 0.2) is 53.4 Å². The van der Waals surface area contributed by atoms with Gasteiger partial charge in [0.05, 0.1) is 39.3 Å². The molecular formula is C27H27FN4O3S. The Bertz CT molecular complexity index is 1510. The number of ether oxygens (including phenoxy) is 1. The smallest absolute Gasteiger partial charge is 0.254 e. The molecule has 9 heteroatoms. The van der Waals surface area contributed by atoms with Crippen molar-refractivity contribution >= 4 is 27.7 Å². The Balaban J connectivity index is 1.45.